The van der Waals surface area contributed by atoms with Crippen molar-refractivity contribution in [1.82, 2.24) is 15.1 Å². The number of carbonyl (C=O) groups excluding carboxylic acids is 1. The molecule has 1 atom stereocenters. The summed E-state index contributed by atoms with van der Waals surface area (Å²) in [6.45, 7) is 5.81. The Morgan fingerprint density at radius 3 is 2.50 bits per heavy atom. The van der Waals surface area contributed by atoms with Gasteiger partial charge in [0, 0.05) is 17.8 Å². The second kappa shape index (κ2) is 5.88. The van der Waals surface area contributed by atoms with Crippen LogP contribution in [-0.2, 0) is 0 Å². The van der Waals surface area contributed by atoms with E-state index in [1.807, 2.05) is 36.7 Å². The van der Waals surface area contributed by atoms with Crippen molar-refractivity contribution in [1.29, 1.82) is 0 Å². The van der Waals surface area contributed by atoms with E-state index in [4.69, 9.17) is 5.11 Å². The summed E-state index contributed by atoms with van der Waals surface area (Å²) in [5.41, 5.74) is 3.49. The molecule has 0 aliphatic rings. The van der Waals surface area contributed by atoms with Gasteiger partial charge in [-0.15, -0.1) is 0 Å². The Morgan fingerprint density at radius 1 is 1.35 bits per heavy atom. The molecule has 1 amide bonds. The first-order chi connectivity index (χ1) is 9.47. The standard InChI is InChI=1S/C15H19N3O2/c1-10-8-11(2)18(17-10)14-6-4-13(5-7-14)15(20)16-9-12(3)19/h4-8,12,19H,9H2,1-3H3,(H,16,20). The minimum Gasteiger partial charge on any atom is -0.392 e. The molecule has 1 aromatic heterocycles. The van der Waals surface area contributed by atoms with Crippen LogP contribution in [0.5, 0.6) is 0 Å². The summed E-state index contributed by atoms with van der Waals surface area (Å²) in [5, 5.41) is 16.2. The molecular weight excluding hydrogens is 254 g/mol. The van der Waals surface area contributed by atoms with Crippen molar-refractivity contribution >= 4 is 5.91 Å². The lowest BCUT2D eigenvalue weighted by Crippen LogP contribution is -2.30. The highest BCUT2D eigenvalue weighted by Gasteiger charge is 2.08. The third-order valence-corrected chi connectivity index (χ3v) is 2.94. The molecule has 106 valence electrons. The Morgan fingerprint density at radius 2 is 2.00 bits per heavy atom. The third kappa shape index (κ3) is 3.24. The predicted octanol–water partition coefficient (Wildman–Crippen LogP) is 1.60. The number of nitrogens with one attached hydrogen (secondary N) is 1. The highest BCUT2D eigenvalue weighted by molar-refractivity contribution is 5.94. The van der Waals surface area contributed by atoms with Crippen LogP contribution in [0.25, 0.3) is 5.69 Å². The summed E-state index contributed by atoms with van der Waals surface area (Å²) in [7, 11) is 0. The Bertz CT molecular complexity index is 600. The van der Waals surface area contributed by atoms with Gasteiger partial charge in [0.25, 0.3) is 5.91 Å². The average molecular weight is 273 g/mol. The number of carbonyl (C=O) groups is 1. The summed E-state index contributed by atoms with van der Waals surface area (Å²) < 4.78 is 1.84. The van der Waals surface area contributed by atoms with Crippen molar-refractivity contribution in [3.63, 3.8) is 0 Å². The molecule has 20 heavy (non-hydrogen) atoms. The maximum atomic E-state index is 11.8. The van der Waals surface area contributed by atoms with Crippen LogP contribution in [0, 0.1) is 13.8 Å². The smallest absolute Gasteiger partial charge is 0.251 e. The van der Waals surface area contributed by atoms with Crippen LogP contribution in [0.3, 0.4) is 0 Å². The van der Waals surface area contributed by atoms with Gasteiger partial charge in [0.05, 0.1) is 17.5 Å². The van der Waals surface area contributed by atoms with E-state index in [0.29, 0.717) is 5.56 Å². The molecule has 1 heterocycles. The molecule has 0 saturated carbocycles. The highest BCUT2D eigenvalue weighted by atomic mass is 16.3. The first kappa shape index (κ1) is 14.3. The fourth-order valence-electron chi connectivity index (χ4n) is 1.99. The van der Waals surface area contributed by atoms with Gasteiger partial charge in [-0.3, -0.25) is 4.79 Å². The minimum atomic E-state index is -0.548. The van der Waals surface area contributed by atoms with E-state index in [0.717, 1.165) is 17.1 Å². The van der Waals surface area contributed by atoms with E-state index >= 15 is 0 Å². The fourth-order valence-corrected chi connectivity index (χ4v) is 1.99. The number of aliphatic hydroxyl groups is 1. The summed E-state index contributed by atoms with van der Waals surface area (Å²) in [4.78, 5) is 11.8. The number of aromatic nitrogens is 2. The lowest BCUT2D eigenvalue weighted by atomic mass is 10.2. The van der Waals surface area contributed by atoms with Crippen LogP contribution >= 0.6 is 0 Å². The van der Waals surface area contributed by atoms with Crippen molar-refractivity contribution in [3.8, 4) is 5.69 Å². The van der Waals surface area contributed by atoms with Gasteiger partial charge in [-0.2, -0.15) is 5.10 Å². The maximum absolute atomic E-state index is 11.8. The lowest BCUT2D eigenvalue weighted by molar-refractivity contribution is 0.0924. The van der Waals surface area contributed by atoms with Crippen LogP contribution < -0.4 is 5.32 Å². The molecule has 1 aromatic carbocycles. The molecule has 2 aromatic rings. The van der Waals surface area contributed by atoms with E-state index in [1.54, 1.807) is 19.1 Å². The third-order valence-electron chi connectivity index (χ3n) is 2.94. The molecule has 0 fully saturated rings. The van der Waals surface area contributed by atoms with Crippen molar-refractivity contribution < 1.29 is 9.90 Å². The maximum Gasteiger partial charge on any atom is 0.251 e. The summed E-state index contributed by atoms with van der Waals surface area (Å²) in [6.07, 6.45) is -0.548. The van der Waals surface area contributed by atoms with Gasteiger partial charge in [-0.25, -0.2) is 4.68 Å². The molecule has 0 spiro atoms. The second-order valence-corrected chi connectivity index (χ2v) is 4.94. The average Bonchev–Trinajstić information content (AvgIpc) is 2.75. The Kier molecular flexibility index (Phi) is 4.20. The number of benzene rings is 1. The van der Waals surface area contributed by atoms with Gasteiger partial charge in [-0.05, 0) is 51.1 Å². The Balaban J connectivity index is 2.14. The number of amides is 1. The Hall–Kier alpha value is -2.14. The number of hydrogen-bond acceptors (Lipinski definition) is 3. The van der Waals surface area contributed by atoms with Gasteiger partial charge < -0.3 is 10.4 Å². The van der Waals surface area contributed by atoms with Gasteiger partial charge in [0.15, 0.2) is 0 Å². The van der Waals surface area contributed by atoms with Crippen molar-refractivity contribution in [2.45, 2.75) is 26.9 Å². The molecule has 0 saturated heterocycles. The molecule has 2 N–H and O–H groups in total. The lowest BCUT2D eigenvalue weighted by Gasteiger charge is -2.08. The van der Waals surface area contributed by atoms with Crippen LogP contribution in [0.2, 0.25) is 0 Å². The molecule has 5 heteroatoms. The van der Waals surface area contributed by atoms with Crippen LogP contribution in [0.4, 0.5) is 0 Å². The van der Waals surface area contributed by atoms with Crippen LogP contribution in [0.1, 0.15) is 28.7 Å². The zero-order valence-electron chi connectivity index (χ0n) is 11.9. The topological polar surface area (TPSA) is 67.2 Å². The summed E-state index contributed by atoms with van der Waals surface area (Å²) in [5.74, 6) is -0.189. The number of aryl methyl sites for hydroxylation is 2. The van der Waals surface area contributed by atoms with Gasteiger partial charge in [0.2, 0.25) is 0 Å². The van der Waals surface area contributed by atoms with Crippen LogP contribution in [0.15, 0.2) is 30.3 Å². The molecule has 0 aliphatic carbocycles. The van der Waals surface area contributed by atoms with Gasteiger partial charge in [-0.1, -0.05) is 0 Å². The number of hydrogen-bond donors (Lipinski definition) is 2. The fraction of sp³-hybridized carbons (Fsp3) is 0.333. The monoisotopic (exact) mass is 273 g/mol. The van der Waals surface area contributed by atoms with E-state index in [1.165, 1.54) is 0 Å². The molecule has 2 rings (SSSR count). The zero-order valence-corrected chi connectivity index (χ0v) is 11.9. The predicted molar refractivity (Wildman–Crippen MR) is 77.1 cm³/mol. The molecule has 1 unspecified atom stereocenters. The molecule has 0 bridgehead atoms. The SMILES string of the molecule is Cc1cc(C)n(-c2ccc(C(=O)NCC(C)O)cc2)n1. The van der Waals surface area contributed by atoms with E-state index < -0.39 is 6.10 Å². The number of rotatable bonds is 4. The molecular formula is C15H19N3O2. The van der Waals surface area contributed by atoms with E-state index in [2.05, 4.69) is 10.4 Å². The van der Waals surface area contributed by atoms with Crippen molar-refractivity contribution in [2.75, 3.05) is 6.54 Å². The summed E-state index contributed by atoms with van der Waals surface area (Å²) in [6, 6.07) is 9.23. The van der Waals surface area contributed by atoms with E-state index in [-0.39, 0.29) is 12.5 Å². The van der Waals surface area contributed by atoms with Crippen LogP contribution in [-0.4, -0.2) is 33.4 Å². The highest BCUT2D eigenvalue weighted by Crippen LogP contribution is 2.13. The second-order valence-electron chi connectivity index (χ2n) is 4.94. The Labute approximate surface area is 118 Å². The first-order valence-corrected chi connectivity index (χ1v) is 6.57. The molecule has 0 radical (unpaired) electrons. The number of nitrogens with zero attached hydrogens (tertiary/aromatic N) is 2. The largest absolute Gasteiger partial charge is 0.392 e. The van der Waals surface area contributed by atoms with Gasteiger partial charge >= 0.3 is 0 Å². The van der Waals surface area contributed by atoms with Crippen molar-refractivity contribution in [3.05, 3.63) is 47.3 Å². The van der Waals surface area contributed by atoms with Crippen molar-refractivity contribution in [2.24, 2.45) is 0 Å². The van der Waals surface area contributed by atoms with E-state index in [9.17, 15) is 4.79 Å². The zero-order chi connectivity index (χ0) is 14.7. The first-order valence-electron chi connectivity index (χ1n) is 6.57. The minimum absolute atomic E-state index is 0.189. The molecule has 0 aliphatic heterocycles. The summed E-state index contributed by atoms with van der Waals surface area (Å²) >= 11 is 0. The normalized spacial score (nSPS) is 12.2. The quantitative estimate of drug-likeness (QED) is 0.889. The number of aliphatic hydroxyl groups excluding tert-OH is 1. The van der Waals surface area contributed by atoms with Gasteiger partial charge in [0.1, 0.15) is 0 Å². The molecule has 5 nitrogen and oxygen atoms in total.